The van der Waals surface area contributed by atoms with E-state index in [1.807, 2.05) is 0 Å². The van der Waals surface area contributed by atoms with Gasteiger partial charge in [0.25, 0.3) is 0 Å². The molecule has 1 unspecified atom stereocenters. The molecule has 6 heteroatoms. The van der Waals surface area contributed by atoms with Crippen molar-refractivity contribution in [3.8, 4) is 0 Å². The second-order valence-corrected chi connectivity index (χ2v) is 5.93. The Labute approximate surface area is 99.7 Å². The summed E-state index contributed by atoms with van der Waals surface area (Å²) in [6.07, 6.45) is 0.544. The summed E-state index contributed by atoms with van der Waals surface area (Å²) in [6, 6.07) is 4.67. The minimum absolute atomic E-state index is 0.0520. The Morgan fingerprint density at radius 1 is 1.38 bits per heavy atom. The van der Waals surface area contributed by atoms with Crippen LogP contribution in [0.15, 0.2) is 29.2 Å². The monoisotopic (exact) mass is 265 g/mol. The van der Waals surface area contributed by atoms with Gasteiger partial charge in [0.2, 0.25) is 10.0 Å². The van der Waals surface area contributed by atoms with E-state index < -0.39 is 15.8 Å². The molecule has 1 rings (SSSR count). The summed E-state index contributed by atoms with van der Waals surface area (Å²) in [6.45, 7) is 2.05. The molecule has 0 aromatic heterocycles. The molecule has 3 nitrogen and oxygen atoms in total. The van der Waals surface area contributed by atoms with Gasteiger partial charge in [0, 0.05) is 11.9 Å². The summed E-state index contributed by atoms with van der Waals surface area (Å²) in [4.78, 5) is 0.0520. The molecule has 0 aliphatic rings. The molecule has 0 aliphatic heterocycles. The number of halogens is 2. The maximum atomic E-state index is 12.6. The summed E-state index contributed by atoms with van der Waals surface area (Å²) in [5.74, 6) is -0.465. The quantitative estimate of drug-likeness (QED) is 0.829. The first-order chi connectivity index (χ1) is 7.42. The predicted molar refractivity (Wildman–Crippen MR) is 61.5 cm³/mol. The van der Waals surface area contributed by atoms with E-state index in [1.165, 1.54) is 12.1 Å². The summed E-state index contributed by atoms with van der Waals surface area (Å²) in [5.41, 5.74) is 0. The fraction of sp³-hybridized carbons (Fsp3) is 0.400. The van der Waals surface area contributed by atoms with Crippen molar-refractivity contribution in [3.63, 3.8) is 0 Å². The summed E-state index contributed by atoms with van der Waals surface area (Å²) >= 11 is 5.69. The van der Waals surface area contributed by atoms with Crippen LogP contribution in [0.2, 0.25) is 0 Å². The van der Waals surface area contributed by atoms with E-state index in [0.29, 0.717) is 6.42 Å². The van der Waals surface area contributed by atoms with Gasteiger partial charge in [0.05, 0.1) is 4.90 Å². The van der Waals surface area contributed by atoms with Crippen molar-refractivity contribution >= 4 is 21.6 Å². The van der Waals surface area contributed by atoms with Crippen LogP contribution in [0.5, 0.6) is 0 Å². The first-order valence-corrected chi connectivity index (χ1v) is 6.73. The van der Waals surface area contributed by atoms with Gasteiger partial charge >= 0.3 is 0 Å². The van der Waals surface area contributed by atoms with Gasteiger partial charge in [-0.25, -0.2) is 17.5 Å². The Balaban J connectivity index is 2.67. The lowest BCUT2D eigenvalue weighted by molar-refractivity contribution is 0.578. The van der Waals surface area contributed by atoms with Crippen LogP contribution in [0.3, 0.4) is 0 Å². The summed E-state index contributed by atoms with van der Waals surface area (Å²) in [7, 11) is -3.55. The van der Waals surface area contributed by atoms with E-state index in [2.05, 4.69) is 4.72 Å². The Kier molecular flexibility index (Phi) is 4.70. The van der Waals surface area contributed by atoms with Gasteiger partial charge in [-0.15, -0.1) is 11.6 Å². The molecule has 16 heavy (non-hydrogen) atoms. The molecular weight excluding hydrogens is 253 g/mol. The molecule has 1 aromatic rings. The number of rotatable bonds is 5. The molecular formula is C10H13ClFNO2S. The van der Waals surface area contributed by atoms with Crippen LogP contribution in [0.25, 0.3) is 0 Å². The van der Waals surface area contributed by atoms with Gasteiger partial charge in [-0.2, -0.15) is 0 Å². The summed E-state index contributed by atoms with van der Waals surface area (Å²) < 4.78 is 38.3. The maximum Gasteiger partial charge on any atom is 0.240 e. The largest absolute Gasteiger partial charge is 0.240 e. The van der Waals surface area contributed by atoms with E-state index in [-0.39, 0.29) is 16.8 Å². The zero-order chi connectivity index (χ0) is 12.2. The number of nitrogens with one attached hydrogen (secondary N) is 1. The molecule has 0 aliphatic carbocycles. The third kappa shape index (κ3) is 4.08. The second kappa shape index (κ2) is 5.61. The molecule has 0 radical (unpaired) electrons. The Bertz CT molecular complexity index is 431. The third-order valence-electron chi connectivity index (χ3n) is 1.96. The van der Waals surface area contributed by atoms with Crippen LogP contribution in [0.1, 0.15) is 13.3 Å². The van der Waals surface area contributed by atoms with Crippen molar-refractivity contribution in [1.29, 1.82) is 0 Å². The van der Waals surface area contributed by atoms with Crippen molar-refractivity contribution in [2.75, 3.05) is 6.54 Å². The second-order valence-electron chi connectivity index (χ2n) is 3.42. The van der Waals surface area contributed by atoms with E-state index in [4.69, 9.17) is 11.6 Å². The van der Waals surface area contributed by atoms with Crippen molar-refractivity contribution in [3.05, 3.63) is 30.1 Å². The molecule has 1 aromatic carbocycles. The van der Waals surface area contributed by atoms with Gasteiger partial charge in [-0.05, 0) is 37.6 Å². The molecule has 0 spiro atoms. The minimum Gasteiger partial charge on any atom is -0.211 e. The van der Waals surface area contributed by atoms with Gasteiger partial charge in [-0.3, -0.25) is 0 Å². The van der Waals surface area contributed by atoms with Crippen LogP contribution in [-0.4, -0.2) is 20.3 Å². The van der Waals surface area contributed by atoms with Crippen LogP contribution in [0, 0.1) is 5.82 Å². The van der Waals surface area contributed by atoms with E-state index >= 15 is 0 Å². The number of hydrogen-bond donors (Lipinski definition) is 1. The van der Waals surface area contributed by atoms with Gasteiger partial charge in [0.1, 0.15) is 5.82 Å². The Hall–Kier alpha value is -0.650. The highest BCUT2D eigenvalue weighted by Crippen LogP contribution is 2.09. The topological polar surface area (TPSA) is 46.2 Å². The van der Waals surface area contributed by atoms with E-state index in [9.17, 15) is 12.8 Å². The van der Waals surface area contributed by atoms with Crippen molar-refractivity contribution in [2.45, 2.75) is 23.6 Å². The number of benzene rings is 1. The minimum atomic E-state index is -3.55. The zero-order valence-corrected chi connectivity index (χ0v) is 10.4. The van der Waals surface area contributed by atoms with Crippen molar-refractivity contribution < 1.29 is 12.8 Å². The van der Waals surface area contributed by atoms with Crippen LogP contribution in [-0.2, 0) is 10.0 Å². The standard InChI is InChI=1S/C10H13ClFNO2S/c1-8(11)6-7-13-16(14,15)10-4-2-9(12)3-5-10/h2-5,8,13H,6-7H2,1H3. The Morgan fingerprint density at radius 2 is 1.94 bits per heavy atom. The molecule has 0 fully saturated rings. The lowest BCUT2D eigenvalue weighted by Crippen LogP contribution is -2.26. The number of hydrogen-bond acceptors (Lipinski definition) is 2. The third-order valence-corrected chi connectivity index (χ3v) is 3.65. The SMILES string of the molecule is CC(Cl)CCNS(=O)(=O)c1ccc(F)cc1. The van der Waals surface area contributed by atoms with Crippen LogP contribution < -0.4 is 4.72 Å². The molecule has 1 N–H and O–H groups in total. The smallest absolute Gasteiger partial charge is 0.211 e. The Morgan fingerprint density at radius 3 is 2.44 bits per heavy atom. The zero-order valence-electron chi connectivity index (χ0n) is 8.78. The van der Waals surface area contributed by atoms with Gasteiger partial charge in [-0.1, -0.05) is 0 Å². The van der Waals surface area contributed by atoms with Gasteiger partial charge in [0.15, 0.2) is 0 Å². The average Bonchev–Trinajstić information content (AvgIpc) is 2.17. The molecule has 90 valence electrons. The van der Waals surface area contributed by atoms with E-state index in [0.717, 1.165) is 12.1 Å². The molecule has 0 bridgehead atoms. The first-order valence-electron chi connectivity index (χ1n) is 4.81. The molecule has 0 saturated heterocycles. The number of alkyl halides is 1. The highest BCUT2D eigenvalue weighted by atomic mass is 35.5. The fourth-order valence-electron chi connectivity index (χ4n) is 1.09. The lowest BCUT2D eigenvalue weighted by Gasteiger charge is -2.07. The van der Waals surface area contributed by atoms with Gasteiger partial charge < -0.3 is 0 Å². The molecule has 0 amide bonds. The predicted octanol–water partition coefficient (Wildman–Crippen LogP) is 2.12. The fourth-order valence-corrected chi connectivity index (χ4v) is 2.25. The molecule has 0 heterocycles. The first kappa shape index (κ1) is 13.4. The highest BCUT2D eigenvalue weighted by molar-refractivity contribution is 7.89. The average molecular weight is 266 g/mol. The van der Waals surface area contributed by atoms with Crippen LogP contribution >= 0.6 is 11.6 Å². The van der Waals surface area contributed by atoms with Crippen molar-refractivity contribution in [2.24, 2.45) is 0 Å². The summed E-state index contributed by atoms with van der Waals surface area (Å²) in [5, 5.41) is -0.0871. The van der Waals surface area contributed by atoms with Crippen molar-refractivity contribution in [1.82, 2.24) is 4.72 Å². The number of sulfonamides is 1. The molecule has 0 saturated carbocycles. The normalized spacial score (nSPS) is 13.7. The van der Waals surface area contributed by atoms with Crippen LogP contribution in [0.4, 0.5) is 4.39 Å². The molecule has 1 atom stereocenters. The highest BCUT2D eigenvalue weighted by Gasteiger charge is 2.13. The van der Waals surface area contributed by atoms with E-state index in [1.54, 1.807) is 6.92 Å². The lowest BCUT2D eigenvalue weighted by atomic mass is 10.3. The maximum absolute atomic E-state index is 12.6.